The van der Waals surface area contributed by atoms with Gasteiger partial charge >= 0.3 is 0 Å². The Balaban J connectivity index is 1.61. The summed E-state index contributed by atoms with van der Waals surface area (Å²) in [6.07, 6.45) is 5.25. The van der Waals surface area contributed by atoms with E-state index in [4.69, 9.17) is 4.74 Å². The van der Waals surface area contributed by atoms with Crippen LogP contribution >= 0.6 is 0 Å². The quantitative estimate of drug-likeness (QED) is 0.923. The zero-order valence-corrected chi connectivity index (χ0v) is 13.3. The fourth-order valence-electron chi connectivity index (χ4n) is 3.09. The van der Waals surface area contributed by atoms with E-state index in [-0.39, 0.29) is 23.5 Å². The molecule has 1 aliphatic heterocycles. The first kappa shape index (κ1) is 15.3. The molecule has 1 amide bonds. The third-order valence-corrected chi connectivity index (χ3v) is 6.08. The maximum Gasteiger partial charge on any atom is 0.228 e. The number of hydrogen-bond acceptors (Lipinski definition) is 4. The Morgan fingerprint density at radius 1 is 1.18 bits per heavy atom. The van der Waals surface area contributed by atoms with E-state index >= 15 is 0 Å². The predicted octanol–water partition coefficient (Wildman–Crippen LogP) is 2.38. The Morgan fingerprint density at radius 3 is 2.64 bits per heavy atom. The van der Waals surface area contributed by atoms with Crippen molar-refractivity contribution in [3.63, 3.8) is 0 Å². The number of benzene rings is 1. The minimum Gasteiger partial charge on any atom is -0.490 e. The first-order valence-corrected chi connectivity index (χ1v) is 9.62. The summed E-state index contributed by atoms with van der Waals surface area (Å²) in [4.78, 5) is 12.1. The number of amides is 1. The van der Waals surface area contributed by atoms with Crippen LogP contribution in [0, 0.1) is 5.92 Å². The van der Waals surface area contributed by atoms with Crippen molar-refractivity contribution in [2.45, 2.75) is 38.2 Å². The fourth-order valence-corrected chi connectivity index (χ4v) is 4.83. The molecule has 0 bridgehead atoms. The van der Waals surface area contributed by atoms with Crippen LogP contribution in [0.25, 0.3) is 0 Å². The van der Waals surface area contributed by atoms with Gasteiger partial charge in [-0.05, 0) is 44.2 Å². The summed E-state index contributed by atoms with van der Waals surface area (Å²) in [6.45, 7) is 0. The van der Waals surface area contributed by atoms with E-state index in [9.17, 15) is 13.2 Å². The molecule has 1 aliphatic carbocycles. The number of nitrogens with one attached hydrogen (secondary N) is 1. The second-order valence-corrected chi connectivity index (χ2v) is 8.37. The summed E-state index contributed by atoms with van der Waals surface area (Å²) in [7, 11) is -3.04. The van der Waals surface area contributed by atoms with E-state index in [1.165, 1.54) is 12.8 Å². The number of ether oxygens (including phenoxy) is 1. The third-order valence-electron chi connectivity index (χ3n) is 4.31. The second-order valence-electron chi connectivity index (χ2n) is 6.14. The molecule has 0 aromatic heterocycles. The molecule has 1 atom stereocenters. The van der Waals surface area contributed by atoms with Crippen LogP contribution in [0.15, 0.2) is 24.3 Å². The molecule has 0 radical (unpaired) electrons. The van der Waals surface area contributed by atoms with E-state index < -0.39 is 15.8 Å². The lowest BCUT2D eigenvalue weighted by Crippen LogP contribution is -2.23. The smallest absolute Gasteiger partial charge is 0.228 e. The first-order chi connectivity index (χ1) is 10.5. The number of carbonyl (C=O) groups is 1. The van der Waals surface area contributed by atoms with Crippen LogP contribution in [0.2, 0.25) is 0 Å². The van der Waals surface area contributed by atoms with Crippen LogP contribution < -0.4 is 10.1 Å². The largest absolute Gasteiger partial charge is 0.490 e. The highest BCUT2D eigenvalue weighted by Crippen LogP contribution is 2.26. The molecule has 1 aromatic carbocycles. The predicted molar refractivity (Wildman–Crippen MR) is 84.7 cm³/mol. The maximum atomic E-state index is 12.1. The van der Waals surface area contributed by atoms with Crippen molar-refractivity contribution in [2.75, 3.05) is 16.8 Å². The van der Waals surface area contributed by atoms with Crippen LogP contribution in [0.4, 0.5) is 5.69 Å². The van der Waals surface area contributed by atoms with Crippen molar-refractivity contribution >= 4 is 21.4 Å². The van der Waals surface area contributed by atoms with Gasteiger partial charge < -0.3 is 10.1 Å². The lowest BCUT2D eigenvalue weighted by Gasteiger charge is -2.15. The Labute approximate surface area is 131 Å². The van der Waals surface area contributed by atoms with Gasteiger partial charge in [-0.2, -0.15) is 0 Å². The van der Waals surface area contributed by atoms with Crippen molar-refractivity contribution in [2.24, 2.45) is 5.92 Å². The molecule has 2 aliphatic rings. The Bertz CT molecular complexity index is 650. The molecule has 0 unspecified atom stereocenters. The lowest BCUT2D eigenvalue weighted by atomic mass is 10.1. The molecule has 6 heteroatoms. The molecule has 1 aromatic rings. The SMILES string of the molecule is O=C(Nc1cccc(OC2CCCC2)c1)[C@@H]1CCS(=O)(=O)C1. The molecule has 22 heavy (non-hydrogen) atoms. The van der Waals surface area contributed by atoms with Gasteiger partial charge in [-0.15, -0.1) is 0 Å². The molecule has 1 heterocycles. The average Bonchev–Trinajstić information content (AvgIpc) is 3.08. The van der Waals surface area contributed by atoms with Gasteiger partial charge in [-0.1, -0.05) is 6.07 Å². The van der Waals surface area contributed by atoms with Crippen molar-refractivity contribution < 1.29 is 17.9 Å². The third kappa shape index (κ3) is 3.80. The Hall–Kier alpha value is -1.56. The number of carbonyl (C=O) groups excluding carboxylic acids is 1. The van der Waals surface area contributed by atoms with Gasteiger partial charge in [0.25, 0.3) is 0 Å². The molecule has 1 N–H and O–H groups in total. The number of sulfone groups is 1. The Morgan fingerprint density at radius 2 is 1.95 bits per heavy atom. The van der Waals surface area contributed by atoms with Crippen LogP contribution in [0.1, 0.15) is 32.1 Å². The average molecular weight is 323 g/mol. The highest BCUT2D eigenvalue weighted by atomic mass is 32.2. The summed E-state index contributed by atoms with van der Waals surface area (Å²) >= 11 is 0. The van der Waals surface area contributed by atoms with Crippen molar-refractivity contribution in [3.8, 4) is 5.75 Å². The zero-order valence-electron chi connectivity index (χ0n) is 12.5. The molecule has 1 saturated carbocycles. The molecule has 120 valence electrons. The summed E-state index contributed by atoms with van der Waals surface area (Å²) < 4.78 is 28.8. The van der Waals surface area contributed by atoms with Gasteiger partial charge in [0.1, 0.15) is 5.75 Å². The van der Waals surface area contributed by atoms with Crippen LogP contribution in [0.5, 0.6) is 5.75 Å². The molecule has 5 nitrogen and oxygen atoms in total. The van der Waals surface area contributed by atoms with Gasteiger partial charge in [-0.3, -0.25) is 4.79 Å². The standard InChI is InChI=1S/C16H21NO4S/c18-16(12-8-9-22(19,20)11-12)17-13-4-3-7-15(10-13)21-14-5-1-2-6-14/h3-4,7,10,12,14H,1-2,5-6,8-9,11H2,(H,17,18)/t12-/m1/s1. The van der Waals surface area contributed by atoms with Crippen LogP contribution in [-0.4, -0.2) is 31.9 Å². The molecule has 3 rings (SSSR count). The number of rotatable bonds is 4. The van der Waals surface area contributed by atoms with E-state index in [0.717, 1.165) is 18.6 Å². The lowest BCUT2D eigenvalue weighted by molar-refractivity contribution is -0.119. The van der Waals surface area contributed by atoms with Gasteiger partial charge in [0.15, 0.2) is 9.84 Å². The maximum absolute atomic E-state index is 12.1. The Kier molecular flexibility index (Phi) is 4.38. The minimum absolute atomic E-state index is 0.0445. The number of hydrogen-bond donors (Lipinski definition) is 1. The van der Waals surface area contributed by atoms with E-state index in [1.807, 2.05) is 12.1 Å². The summed E-state index contributed by atoms with van der Waals surface area (Å²) in [6, 6.07) is 7.32. The van der Waals surface area contributed by atoms with Crippen molar-refractivity contribution in [1.82, 2.24) is 0 Å². The highest BCUT2D eigenvalue weighted by molar-refractivity contribution is 7.91. The molecule has 2 fully saturated rings. The monoisotopic (exact) mass is 323 g/mol. The van der Waals surface area contributed by atoms with Gasteiger partial charge in [-0.25, -0.2) is 8.42 Å². The summed E-state index contributed by atoms with van der Waals surface area (Å²) in [5.74, 6) is 0.153. The van der Waals surface area contributed by atoms with E-state index in [0.29, 0.717) is 12.1 Å². The first-order valence-electron chi connectivity index (χ1n) is 7.80. The van der Waals surface area contributed by atoms with Crippen LogP contribution in [0.3, 0.4) is 0 Å². The van der Waals surface area contributed by atoms with Crippen molar-refractivity contribution in [3.05, 3.63) is 24.3 Å². The molecule has 0 spiro atoms. The summed E-state index contributed by atoms with van der Waals surface area (Å²) in [5.41, 5.74) is 0.657. The minimum atomic E-state index is -3.04. The van der Waals surface area contributed by atoms with Crippen molar-refractivity contribution in [1.29, 1.82) is 0 Å². The molecular weight excluding hydrogens is 302 g/mol. The van der Waals surface area contributed by atoms with Crippen LogP contribution in [-0.2, 0) is 14.6 Å². The van der Waals surface area contributed by atoms with Gasteiger partial charge in [0.05, 0.1) is 23.5 Å². The fraction of sp³-hybridized carbons (Fsp3) is 0.562. The second kappa shape index (κ2) is 6.28. The van der Waals surface area contributed by atoms with Gasteiger partial charge in [0, 0.05) is 11.8 Å². The zero-order chi connectivity index (χ0) is 15.6. The molecular formula is C16H21NO4S. The normalized spacial score (nSPS) is 24.3. The summed E-state index contributed by atoms with van der Waals surface area (Å²) in [5, 5.41) is 2.80. The molecule has 1 saturated heterocycles. The van der Waals surface area contributed by atoms with E-state index in [2.05, 4.69) is 5.32 Å². The highest BCUT2D eigenvalue weighted by Gasteiger charge is 2.32. The van der Waals surface area contributed by atoms with Gasteiger partial charge in [0.2, 0.25) is 5.91 Å². The number of anilines is 1. The topological polar surface area (TPSA) is 72.5 Å². The van der Waals surface area contributed by atoms with E-state index in [1.54, 1.807) is 12.1 Å².